The molecule has 0 bridgehead atoms. The van der Waals surface area contributed by atoms with Crippen molar-refractivity contribution in [3.8, 4) is 17.6 Å². The number of rotatable bonds is 7. The van der Waals surface area contributed by atoms with Gasteiger partial charge < -0.3 is 24.7 Å². The van der Waals surface area contributed by atoms with Gasteiger partial charge >= 0.3 is 6.18 Å². The number of benzene rings is 2. The summed E-state index contributed by atoms with van der Waals surface area (Å²) in [7, 11) is 1.54. The number of methoxy groups -OCH3 is 1. The molecular formula is C31H34ClF3N4O2. The van der Waals surface area contributed by atoms with Crippen molar-refractivity contribution in [1.82, 2.24) is 9.47 Å². The number of alkyl halides is 3. The van der Waals surface area contributed by atoms with Crippen LogP contribution in [-0.2, 0) is 11.3 Å². The van der Waals surface area contributed by atoms with Gasteiger partial charge in [-0.15, -0.1) is 0 Å². The minimum atomic E-state index is -4.37. The lowest BCUT2D eigenvalue weighted by Crippen LogP contribution is -2.68. The normalized spacial score (nSPS) is 22.0. The molecule has 3 aromatic rings. The molecular weight excluding hydrogens is 553 g/mol. The van der Waals surface area contributed by atoms with E-state index in [0.717, 1.165) is 63.1 Å². The minimum Gasteiger partial charge on any atom is -0.495 e. The van der Waals surface area contributed by atoms with Gasteiger partial charge in [0.15, 0.2) is 0 Å². The summed E-state index contributed by atoms with van der Waals surface area (Å²) in [6.07, 6.45) is -0.0443. The number of hydrogen-bond acceptors (Lipinski definition) is 5. The van der Waals surface area contributed by atoms with Crippen LogP contribution in [0.1, 0.15) is 31.4 Å². The average Bonchev–Trinajstić information content (AvgIpc) is 3.23. The van der Waals surface area contributed by atoms with Crippen LogP contribution in [0.2, 0.25) is 5.02 Å². The molecule has 1 spiro atoms. The van der Waals surface area contributed by atoms with Gasteiger partial charge in [0.1, 0.15) is 12.3 Å². The van der Waals surface area contributed by atoms with Crippen molar-refractivity contribution in [2.45, 2.75) is 50.5 Å². The Morgan fingerprint density at radius 2 is 1.85 bits per heavy atom. The number of halogens is 4. The van der Waals surface area contributed by atoms with Crippen LogP contribution >= 0.6 is 11.6 Å². The van der Waals surface area contributed by atoms with Crippen LogP contribution in [0.25, 0.3) is 10.9 Å². The monoisotopic (exact) mass is 586 g/mol. The molecule has 41 heavy (non-hydrogen) atoms. The van der Waals surface area contributed by atoms with E-state index in [4.69, 9.17) is 21.1 Å². The van der Waals surface area contributed by atoms with Crippen LogP contribution < -0.4 is 15.4 Å². The number of anilines is 2. The molecule has 3 fully saturated rings. The lowest BCUT2D eigenvalue weighted by Gasteiger charge is -2.58. The largest absolute Gasteiger partial charge is 0.495 e. The number of likely N-dealkylation sites (tertiary alicyclic amines) is 1. The third-order valence-corrected chi connectivity index (χ3v) is 8.73. The average molecular weight is 587 g/mol. The molecule has 0 atom stereocenters. The van der Waals surface area contributed by atoms with Gasteiger partial charge in [-0.05, 0) is 61.9 Å². The smallest absolute Gasteiger partial charge is 0.406 e. The van der Waals surface area contributed by atoms with Crippen LogP contribution in [0, 0.1) is 17.3 Å². The predicted octanol–water partition coefficient (Wildman–Crippen LogP) is 6.38. The second-order valence-electron chi connectivity index (χ2n) is 11.5. The third-order valence-electron chi connectivity index (χ3n) is 8.50. The summed E-state index contributed by atoms with van der Waals surface area (Å²) in [5.41, 5.74) is 2.83. The van der Waals surface area contributed by atoms with Crippen molar-refractivity contribution in [3.05, 3.63) is 53.2 Å². The summed E-state index contributed by atoms with van der Waals surface area (Å²) >= 11 is 6.02. The zero-order valence-electron chi connectivity index (χ0n) is 23.0. The molecule has 3 aliphatic rings. The molecule has 1 aromatic heterocycles. The summed E-state index contributed by atoms with van der Waals surface area (Å²) in [5, 5.41) is 8.10. The van der Waals surface area contributed by atoms with E-state index >= 15 is 0 Å². The van der Waals surface area contributed by atoms with Crippen molar-refractivity contribution in [3.63, 3.8) is 0 Å². The predicted molar refractivity (Wildman–Crippen MR) is 156 cm³/mol. The van der Waals surface area contributed by atoms with Gasteiger partial charge in [-0.1, -0.05) is 23.6 Å². The molecule has 1 aliphatic carbocycles. The van der Waals surface area contributed by atoms with E-state index in [1.54, 1.807) is 37.4 Å². The summed E-state index contributed by atoms with van der Waals surface area (Å²) in [4.78, 5) is 2.60. The SMILES string of the molecule is COc1cc(Cl)ccc1NCC#Cc1cc2c(NC3CCC(N4CC5(COC5)C4)CC3)cccc2n1CC(F)(F)F. The summed E-state index contributed by atoms with van der Waals surface area (Å²) in [6, 6.07) is 13.4. The van der Waals surface area contributed by atoms with Gasteiger partial charge in [0.2, 0.25) is 0 Å². The third kappa shape index (κ3) is 6.11. The molecule has 2 aliphatic heterocycles. The molecule has 2 saturated heterocycles. The second kappa shape index (κ2) is 11.3. The topological polar surface area (TPSA) is 50.7 Å². The second-order valence-corrected chi connectivity index (χ2v) is 12.0. The molecule has 0 radical (unpaired) electrons. The van der Waals surface area contributed by atoms with E-state index < -0.39 is 12.7 Å². The van der Waals surface area contributed by atoms with Gasteiger partial charge in [0.25, 0.3) is 0 Å². The maximum atomic E-state index is 13.6. The standard InChI is InChI=1S/C31H34ClF3N4O2/c1-40-29-14-21(32)7-12-27(29)36-13-3-4-24-15-25-26(5-2-6-28(25)39(24)18-31(33,34)35)37-22-8-10-23(11-9-22)38-16-30(17-38)19-41-20-30/h2,5-7,12,14-15,22-23,36-37H,8-11,13,16-20H2,1H3. The van der Waals surface area contributed by atoms with E-state index in [1.807, 2.05) is 12.1 Å². The Kier molecular flexibility index (Phi) is 7.75. The van der Waals surface area contributed by atoms with Gasteiger partial charge in [0, 0.05) is 52.8 Å². The van der Waals surface area contributed by atoms with Crippen LogP contribution in [0.15, 0.2) is 42.5 Å². The van der Waals surface area contributed by atoms with Crippen molar-refractivity contribution in [2.24, 2.45) is 5.41 Å². The van der Waals surface area contributed by atoms with Crippen molar-refractivity contribution in [1.29, 1.82) is 0 Å². The van der Waals surface area contributed by atoms with Crippen molar-refractivity contribution in [2.75, 3.05) is 50.6 Å². The Morgan fingerprint density at radius 3 is 2.54 bits per heavy atom. The number of nitrogens with zero attached hydrogens (tertiary/aromatic N) is 2. The Hall–Kier alpha value is -3.06. The van der Waals surface area contributed by atoms with Crippen LogP contribution in [-0.4, -0.2) is 67.7 Å². The van der Waals surface area contributed by atoms with Gasteiger partial charge in [0.05, 0.1) is 43.8 Å². The van der Waals surface area contributed by atoms with Gasteiger partial charge in [-0.2, -0.15) is 13.2 Å². The van der Waals surface area contributed by atoms with Crippen molar-refractivity contribution < 1.29 is 22.6 Å². The highest BCUT2D eigenvalue weighted by molar-refractivity contribution is 6.30. The number of nitrogens with one attached hydrogen (secondary N) is 2. The fraction of sp³-hybridized carbons (Fsp3) is 0.484. The van der Waals surface area contributed by atoms with Crippen LogP contribution in [0.5, 0.6) is 5.75 Å². The fourth-order valence-electron chi connectivity index (χ4n) is 6.40. The Morgan fingerprint density at radius 1 is 1.07 bits per heavy atom. The molecule has 2 N–H and O–H groups in total. The molecule has 218 valence electrons. The maximum Gasteiger partial charge on any atom is 0.406 e. The molecule has 2 aromatic carbocycles. The van der Waals surface area contributed by atoms with E-state index in [1.165, 1.54) is 4.57 Å². The molecule has 6 nitrogen and oxygen atoms in total. The molecule has 6 rings (SSSR count). The van der Waals surface area contributed by atoms with Gasteiger partial charge in [-0.25, -0.2) is 0 Å². The van der Waals surface area contributed by atoms with Gasteiger partial charge in [-0.3, -0.25) is 4.90 Å². The molecule has 1 saturated carbocycles. The first kappa shape index (κ1) is 28.1. The number of ether oxygens (including phenoxy) is 2. The number of fused-ring (bicyclic) bond motifs is 1. The maximum absolute atomic E-state index is 13.6. The van der Waals surface area contributed by atoms with E-state index in [0.29, 0.717) is 39.1 Å². The first-order valence-corrected chi connectivity index (χ1v) is 14.4. The first-order chi connectivity index (χ1) is 19.7. The zero-order chi connectivity index (χ0) is 28.6. The minimum absolute atomic E-state index is 0.227. The zero-order valence-corrected chi connectivity index (χ0v) is 23.7. The highest BCUT2D eigenvalue weighted by atomic mass is 35.5. The Balaban J connectivity index is 1.16. The summed E-state index contributed by atoms with van der Waals surface area (Å²) < 4.78 is 52.8. The van der Waals surface area contributed by atoms with E-state index in [2.05, 4.69) is 27.4 Å². The molecule has 10 heteroatoms. The number of aromatic nitrogens is 1. The lowest BCUT2D eigenvalue weighted by atomic mass is 9.75. The highest BCUT2D eigenvalue weighted by Gasteiger charge is 2.50. The summed E-state index contributed by atoms with van der Waals surface area (Å²) in [5.74, 6) is 6.50. The first-order valence-electron chi connectivity index (χ1n) is 14.1. The fourth-order valence-corrected chi connectivity index (χ4v) is 6.56. The van der Waals surface area contributed by atoms with E-state index in [9.17, 15) is 13.2 Å². The van der Waals surface area contributed by atoms with E-state index in [-0.39, 0.29) is 12.6 Å². The van der Waals surface area contributed by atoms with Crippen molar-refractivity contribution >= 4 is 33.9 Å². The Bertz CT molecular complexity index is 1460. The molecule has 0 amide bonds. The van der Waals surface area contributed by atoms with Crippen LogP contribution in [0.4, 0.5) is 24.5 Å². The Labute approximate surface area is 243 Å². The number of hydrogen-bond donors (Lipinski definition) is 2. The van der Waals surface area contributed by atoms with Crippen LogP contribution in [0.3, 0.4) is 0 Å². The summed E-state index contributed by atoms with van der Waals surface area (Å²) in [6.45, 7) is 3.22. The molecule has 0 unspecified atom stereocenters. The highest BCUT2D eigenvalue weighted by Crippen LogP contribution is 2.41. The molecule has 3 heterocycles. The quantitative estimate of drug-likeness (QED) is 0.315. The lowest BCUT2D eigenvalue weighted by molar-refractivity contribution is -0.200.